The third-order valence-corrected chi connectivity index (χ3v) is 4.50. The Bertz CT molecular complexity index is 659. The van der Waals surface area contributed by atoms with E-state index in [9.17, 15) is 9.90 Å². The number of aryl methyl sites for hydroxylation is 1. The first-order chi connectivity index (χ1) is 10.6. The van der Waals surface area contributed by atoms with Gasteiger partial charge in [0.05, 0.1) is 11.0 Å². The van der Waals surface area contributed by atoms with E-state index < -0.39 is 6.10 Å². The molecular weight excluding hydrogens is 278 g/mol. The highest BCUT2D eigenvalue weighted by Crippen LogP contribution is 2.26. The summed E-state index contributed by atoms with van der Waals surface area (Å²) in [6.07, 6.45) is 4.48. The topological polar surface area (TPSA) is 78.0 Å². The molecule has 1 amide bonds. The minimum Gasteiger partial charge on any atom is -0.383 e. The SMILES string of the molecule is Cc1nc2ccc(CNC(=O)[C@H](O)C3CCCCC3)cc2[nH]1. The second-order valence-corrected chi connectivity index (χ2v) is 6.23. The van der Waals surface area contributed by atoms with Crippen LogP contribution >= 0.6 is 0 Å². The Morgan fingerprint density at radius 3 is 2.95 bits per heavy atom. The van der Waals surface area contributed by atoms with Gasteiger partial charge in [0.15, 0.2) is 0 Å². The Morgan fingerprint density at radius 1 is 1.41 bits per heavy atom. The number of aromatic nitrogens is 2. The number of amides is 1. The number of H-pyrrole nitrogens is 1. The van der Waals surface area contributed by atoms with Crippen LogP contribution in [0.3, 0.4) is 0 Å². The van der Waals surface area contributed by atoms with Gasteiger partial charge < -0.3 is 15.4 Å². The summed E-state index contributed by atoms with van der Waals surface area (Å²) >= 11 is 0. The number of nitrogens with zero attached hydrogens (tertiary/aromatic N) is 1. The van der Waals surface area contributed by atoms with E-state index in [1.165, 1.54) is 6.42 Å². The maximum Gasteiger partial charge on any atom is 0.249 e. The molecule has 22 heavy (non-hydrogen) atoms. The van der Waals surface area contributed by atoms with Crippen LogP contribution in [0, 0.1) is 12.8 Å². The molecule has 0 bridgehead atoms. The van der Waals surface area contributed by atoms with Gasteiger partial charge in [-0.3, -0.25) is 4.79 Å². The lowest BCUT2D eigenvalue weighted by atomic mass is 9.85. The van der Waals surface area contributed by atoms with Gasteiger partial charge in [0.1, 0.15) is 11.9 Å². The summed E-state index contributed by atoms with van der Waals surface area (Å²) in [5.74, 6) is 0.739. The van der Waals surface area contributed by atoms with Crippen LogP contribution in [-0.2, 0) is 11.3 Å². The normalized spacial score (nSPS) is 17.5. The Kier molecular flexibility index (Phi) is 4.43. The number of carbonyl (C=O) groups excluding carboxylic acids is 1. The average Bonchev–Trinajstić information content (AvgIpc) is 2.92. The van der Waals surface area contributed by atoms with Gasteiger partial charge in [0.25, 0.3) is 0 Å². The Hall–Kier alpha value is -1.88. The van der Waals surface area contributed by atoms with Crippen LogP contribution in [0.2, 0.25) is 0 Å². The summed E-state index contributed by atoms with van der Waals surface area (Å²) in [4.78, 5) is 19.6. The predicted octanol–water partition coefficient (Wildman–Crippen LogP) is 2.43. The van der Waals surface area contributed by atoms with E-state index in [2.05, 4.69) is 15.3 Å². The summed E-state index contributed by atoms with van der Waals surface area (Å²) < 4.78 is 0. The van der Waals surface area contributed by atoms with Gasteiger partial charge in [0, 0.05) is 6.54 Å². The molecule has 0 unspecified atom stereocenters. The molecule has 0 aliphatic heterocycles. The molecule has 1 saturated carbocycles. The van der Waals surface area contributed by atoms with Gasteiger partial charge in [-0.25, -0.2) is 4.98 Å². The number of aliphatic hydroxyl groups excluding tert-OH is 1. The largest absolute Gasteiger partial charge is 0.383 e. The summed E-state index contributed by atoms with van der Waals surface area (Å²) in [6.45, 7) is 2.35. The lowest BCUT2D eigenvalue weighted by molar-refractivity contribution is -0.132. The van der Waals surface area contributed by atoms with E-state index >= 15 is 0 Å². The number of carbonyl (C=O) groups is 1. The van der Waals surface area contributed by atoms with Crippen molar-refractivity contribution in [2.24, 2.45) is 5.92 Å². The van der Waals surface area contributed by atoms with E-state index in [0.29, 0.717) is 6.54 Å². The van der Waals surface area contributed by atoms with Crippen LogP contribution in [0.15, 0.2) is 18.2 Å². The van der Waals surface area contributed by atoms with Crippen molar-refractivity contribution >= 4 is 16.9 Å². The molecule has 0 radical (unpaired) electrons. The molecule has 1 heterocycles. The molecule has 1 aliphatic carbocycles. The third kappa shape index (κ3) is 3.30. The molecule has 3 rings (SSSR count). The lowest BCUT2D eigenvalue weighted by Gasteiger charge is -2.25. The van der Waals surface area contributed by atoms with Crippen LogP contribution in [0.4, 0.5) is 0 Å². The highest BCUT2D eigenvalue weighted by Gasteiger charge is 2.27. The summed E-state index contributed by atoms with van der Waals surface area (Å²) in [6, 6.07) is 5.89. The molecule has 1 aromatic heterocycles. The van der Waals surface area contributed by atoms with Crippen LogP contribution in [0.5, 0.6) is 0 Å². The summed E-state index contributed by atoms with van der Waals surface area (Å²) in [7, 11) is 0. The van der Waals surface area contributed by atoms with Crippen LogP contribution < -0.4 is 5.32 Å². The smallest absolute Gasteiger partial charge is 0.249 e. The van der Waals surface area contributed by atoms with E-state index in [4.69, 9.17) is 0 Å². The number of hydrogen-bond acceptors (Lipinski definition) is 3. The average molecular weight is 301 g/mol. The van der Waals surface area contributed by atoms with Crippen molar-refractivity contribution in [3.05, 3.63) is 29.6 Å². The number of aliphatic hydroxyl groups is 1. The van der Waals surface area contributed by atoms with Crippen molar-refractivity contribution < 1.29 is 9.90 Å². The number of fused-ring (bicyclic) bond motifs is 1. The van der Waals surface area contributed by atoms with Crippen molar-refractivity contribution in [1.82, 2.24) is 15.3 Å². The van der Waals surface area contributed by atoms with Crippen molar-refractivity contribution in [3.8, 4) is 0 Å². The Morgan fingerprint density at radius 2 is 2.18 bits per heavy atom. The third-order valence-electron chi connectivity index (χ3n) is 4.50. The van der Waals surface area contributed by atoms with Gasteiger partial charge >= 0.3 is 0 Å². The lowest BCUT2D eigenvalue weighted by Crippen LogP contribution is -2.39. The molecule has 1 atom stereocenters. The molecule has 1 aliphatic rings. The van der Waals surface area contributed by atoms with Gasteiger partial charge in [-0.05, 0) is 43.4 Å². The number of hydrogen-bond donors (Lipinski definition) is 3. The van der Waals surface area contributed by atoms with E-state index in [1.54, 1.807) is 0 Å². The number of benzene rings is 1. The number of imidazole rings is 1. The van der Waals surface area contributed by atoms with E-state index in [0.717, 1.165) is 48.1 Å². The van der Waals surface area contributed by atoms with E-state index in [-0.39, 0.29) is 11.8 Å². The summed E-state index contributed by atoms with van der Waals surface area (Å²) in [5.41, 5.74) is 2.90. The van der Waals surface area contributed by atoms with Gasteiger partial charge in [0.2, 0.25) is 5.91 Å². The maximum absolute atomic E-state index is 12.1. The first kappa shape index (κ1) is 15.0. The zero-order valence-electron chi connectivity index (χ0n) is 12.9. The van der Waals surface area contributed by atoms with Crippen LogP contribution in [0.25, 0.3) is 11.0 Å². The highest BCUT2D eigenvalue weighted by atomic mass is 16.3. The van der Waals surface area contributed by atoms with Crippen molar-refractivity contribution in [2.75, 3.05) is 0 Å². The highest BCUT2D eigenvalue weighted by molar-refractivity contribution is 5.81. The molecular formula is C17H23N3O2. The van der Waals surface area contributed by atoms with Crippen LogP contribution in [0.1, 0.15) is 43.5 Å². The standard InChI is InChI=1S/C17H23N3O2/c1-11-19-14-8-7-12(9-15(14)20-11)10-18-17(22)16(21)13-5-3-2-4-6-13/h7-9,13,16,21H,2-6,10H2,1H3,(H,18,22)(H,19,20)/t16-/m1/s1. The molecule has 118 valence electrons. The Labute approximate surface area is 130 Å². The zero-order valence-corrected chi connectivity index (χ0v) is 12.9. The predicted molar refractivity (Wildman–Crippen MR) is 85.3 cm³/mol. The minimum absolute atomic E-state index is 0.117. The summed E-state index contributed by atoms with van der Waals surface area (Å²) in [5, 5.41) is 13.0. The van der Waals surface area contributed by atoms with Gasteiger partial charge in [-0.15, -0.1) is 0 Å². The fourth-order valence-corrected chi connectivity index (χ4v) is 3.25. The quantitative estimate of drug-likeness (QED) is 0.811. The number of aromatic amines is 1. The van der Waals surface area contributed by atoms with Gasteiger partial charge in [-0.1, -0.05) is 25.3 Å². The molecule has 1 aromatic carbocycles. The molecule has 2 aromatic rings. The van der Waals surface area contributed by atoms with Crippen molar-refractivity contribution in [1.29, 1.82) is 0 Å². The van der Waals surface area contributed by atoms with Crippen LogP contribution in [-0.4, -0.2) is 27.1 Å². The fraction of sp³-hybridized carbons (Fsp3) is 0.529. The fourth-order valence-electron chi connectivity index (χ4n) is 3.25. The van der Waals surface area contributed by atoms with E-state index in [1.807, 2.05) is 25.1 Å². The first-order valence-corrected chi connectivity index (χ1v) is 8.04. The second kappa shape index (κ2) is 6.48. The van der Waals surface area contributed by atoms with Crippen molar-refractivity contribution in [2.45, 2.75) is 51.7 Å². The van der Waals surface area contributed by atoms with Gasteiger partial charge in [-0.2, -0.15) is 0 Å². The number of nitrogens with one attached hydrogen (secondary N) is 2. The second-order valence-electron chi connectivity index (χ2n) is 6.23. The maximum atomic E-state index is 12.1. The van der Waals surface area contributed by atoms with Crippen molar-refractivity contribution in [3.63, 3.8) is 0 Å². The first-order valence-electron chi connectivity index (χ1n) is 8.04. The molecule has 0 saturated heterocycles. The Balaban J connectivity index is 1.59. The number of rotatable bonds is 4. The molecule has 5 heteroatoms. The molecule has 3 N–H and O–H groups in total. The zero-order chi connectivity index (χ0) is 15.5. The molecule has 0 spiro atoms. The minimum atomic E-state index is -0.876. The monoisotopic (exact) mass is 301 g/mol. The molecule has 5 nitrogen and oxygen atoms in total. The molecule has 1 fully saturated rings.